The van der Waals surface area contributed by atoms with Crippen LogP contribution >= 0.6 is 0 Å². The van der Waals surface area contributed by atoms with Crippen LogP contribution in [0, 0.1) is 0 Å². The second-order valence-corrected chi connectivity index (χ2v) is 5.63. The Bertz CT molecular complexity index is 387. The fourth-order valence-corrected chi connectivity index (χ4v) is 2.36. The highest BCUT2D eigenvalue weighted by Crippen LogP contribution is 2.08. The summed E-state index contributed by atoms with van der Waals surface area (Å²) in [6, 6.07) is 7.49. The molecule has 0 atom stereocenters. The largest absolute Gasteiger partial charge is 0.352 e. The average molecular weight is 290 g/mol. The van der Waals surface area contributed by atoms with E-state index in [2.05, 4.69) is 12.2 Å². The zero-order valence-electron chi connectivity index (χ0n) is 13.4. The van der Waals surface area contributed by atoms with Gasteiger partial charge in [0.15, 0.2) is 0 Å². The molecule has 1 aromatic carbocycles. The molecule has 0 aliphatic heterocycles. The van der Waals surface area contributed by atoms with Gasteiger partial charge in [-0.1, -0.05) is 64.0 Å². The van der Waals surface area contributed by atoms with Crippen molar-refractivity contribution in [2.45, 2.75) is 64.8 Å². The molecule has 0 fully saturated rings. The molecule has 21 heavy (non-hydrogen) atoms. The molecule has 118 valence electrons. The Kier molecular flexibility index (Phi) is 9.55. The molecule has 0 aliphatic rings. The molecule has 0 aromatic heterocycles. The van der Waals surface area contributed by atoms with E-state index in [0.29, 0.717) is 12.1 Å². The maximum Gasteiger partial charge on any atom is 0.251 e. The third-order valence-corrected chi connectivity index (χ3v) is 3.77. The number of carbonyl (C=O) groups excluding carboxylic acids is 1. The van der Waals surface area contributed by atoms with Gasteiger partial charge in [0.25, 0.3) is 5.91 Å². The van der Waals surface area contributed by atoms with E-state index < -0.39 is 0 Å². The Morgan fingerprint density at radius 3 is 2.10 bits per heavy atom. The highest BCUT2D eigenvalue weighted by Gasteiger charge is 2.03. The summed E-state index contributed by atoms with van der Waals surface area (Å²) in [5, 5.41) is 2.98. The van der Waals surface area contributed by atoms with Crippen molar-refractivity contribution in [1.29, 1.82) is 0 Å². The normalized spacial score (nSPS) is 10.6. The van der Waals surface area contributed by atoms with E-state index in [9.17, 15) is 4.79 Å². The van der Waals surface area contributed by atoms with Gasteiger partial charge in [0.1, 0.15) is 0 Å². The highest BCUT2D eigenvalue weighted by molar-refractivity contribution is 5.94. The fourth-order valence-electron chi connectivity index (χ4n) is 2.36. The zero-order chi connectivity index (χ0) is 15.3. The summed E-state index contributed by atoms with van der Waals surface area (Å²) in [5.74, 6) is 0.0153. The minimum Gasteiger partial charge on any atom is -0.352 e. The molecule has 0 saturated heterocycles. The summed E-state index contributed by atoms with van der Waals surface area (Å²) in [6.45, 7) is 3.53. The van der Waals surface area contributed by atoms with Crippen LogP contribution in [0.3, 0.4) is 0 Å². The van der Waals surface area contributed by atoms with Gasteiger partial charge in [-0.3, -0.25) is 4.79 Å². The Balaban J connectivity index is 2.05. The van der Waals surface area contributed by atoms with E-state index in [1.165, 1.54) is 44.9 Å². The average Bonchev–Trinajstić information content (AvgIpc) is 2.53. The van der Waals surface area contributed by atoms with E-state index in [1.807, 2.05) is 24.3 Å². The topological polar surface area (TPSA) is 55.1 Å². The minimum absolute atomic E-state index is 0.0153. The van der Waals surface area contributed by atoms with E-state index >= 15 is 0 Å². The molecule has 1 rings (SSSR count). The van der Waals surface area contributed by atoms with Gasteiger partial charge in [0.05, 0.1) is 0 Å². The van der Waals surface area contributed by atoms with Crippen LogP contribution < -0.4 is 11.1 Å². The lowest BCUT2D eigenvalue weighted by molar-refractivity contribution is 0.0953. The molecule has 0 bridgehead atoms. The van der Waals surface area contributed by atoms with Gasteiger partial charge in [-0.15, -0.1) is 0 Å². The van der Waals surface area contributed by atoms with E-state index in [0.717, 1.165) is 18.5 Å². The highest BCUT2D eigenvalue weighted by atomic mass is 16.1. The first-order valence-corrected chi connectivity index (χ1v) is 8.35. The summed E-state index contributed by atoms with van der Waals surface area (Å²) in [5.41, 5.74) is 7.31. The Morgan fingerprint density at radius 1 is 0.952 bits per heavy atom. The van der Waals surface area contributed by atoms with Crippen molar-refractivity contribution in [3.8, 4) is 0 Å². The molecule has 0 heterocycles. The molecule has 3 nitrogen and oxygen atoms in total. The number of hydrogen-bond acceptors (Lipinski definition) is 2. The first kappa shape index (κ1) is 17.7. The van der Waals surface area contributed by atoms with Crippen LogP contribution in [0.2, 0.25) is 0 Å². The van der Waals surface area contributed by atoms with Crippen LogP contribution in [0.4, 0.5) is 0 Å². The predicted molar refractivity (Wildman–Crippen MR) is 89.3 cm³/mol. The van der Waals surface area contributed by atoms with E-state index in [-0.39, 0.29) is 5.91 Å². The molecule has 0 spiro atoms. The van der Waals surface area contributed by atoms with Gasteiger partial charge in [0.2, 0.25) is 0 Å². The second kappa shape index (κ2) is 11.3. The summed E-state index contributed by atoms with van der Waals surface area (Å²) < 4.78 is 0. The van der Waals surface area contributed by atoms with Gasteiger partial charge in [-0.25, -0.2) is 0 Å². The number of rotatable bonds is 11. The summed E-state index contributed by atoms with van der Waals surface area (Å²) >= 11 is 0. The van der Waals surface area contributed by atoms with Crippen LogP contribution in [0.15, 0.2) is 24.3 Å². The fraction of sp³-hybridized carbons (Fsp3) is 0.611. The van der Waals surface area contributed by atoms with E-state index in [1.54, 1.807) is 0 Å². The zero-order valence-corrected chi connectivity index (χ0v) is 13.4. The lowest BCUT2D eigenvalue weighted by Crippen LogP contribution is -2.24. The van der Waals surface area contributed by atoms with E-state index in [4.69, 9.17) is 5.73 Å². The van der Waals surface area contributed by atoms with Crippen LogP contribution in [0.25, 0.3) is 0 Å². The Labute approximate surface area is 129 Å². The number of amides is 1. The maximum atomic E-state index is 11.9. The number of hydrogen-bond donors (Lipinski definition) is 2. The molecule has 1 amide bonds. The maximum absolute atomic E-state index is 11.9. The lowest BCUT2D eigenvalue weighted by atomic mass is 10.1. The molecule has 0 saturated carbocycles. The monoisotopic (exact) mass is 290 g/mol. The Morgan fingerprint density at radius 2 is 1.52 bits per heavy atom. The van der Waals surface area contributed by atoms with Crippen LogP contribution in [-0.4, -0.2) is 12.5 Å². The van der Waals surface area contributed by atoms with Crippen molar-refractivity contribution in [3.63, 3.8) is 0 Å². The lowest BCUT2D eigenvalue weighted by Gasteiger charge is -2.06. The third kappa shape index (κ3) is 7.86. The molecular weight excluding hydrogens is 260 g/mol. The molecule has 3 N–H and O–H groups in total. The summed E-state index contributed by atoms with van der Waals surface area (Å²) in [6.07, 6.45) is 10.3. The van der Waals surface area contributed by atoms with Crippen LogP contribution in [0.5, 0.6) is 0 Å². The van der Waals surface area contributed by atoms with Crippen molar-refractivity contribution < 1.29 is 4.79 Å². The first-order valence-electron chi connectivity index (χ1n) is 8.35. The number of nitrogens with two attached hydrogens (primary N) is 1. The van der Waals surface area contributed by atoms with Gasteiger partial charge in [0, 0.05) is 18.7 Å². The molecular formula is C18H30N2O. The second-order valence-electron chi connectivity index (χ2n) is 5.63. The van der Waals surface area contributed by atoms with Crippen molar-refractivity contribution >= 4 is 5.91 Å². The van der Waals surface area contributed by atoms with Gasteiger partial charge in [-0.05, 0) is 24.1 Å². The summed E-state index contributed by atoms with van der Waals surface area (Å²) in [4.78, 5) is 11.9. The van der Waals surface area contributed by atoms with Crippen LogP contribution in [-0.2, 0) is 6.54 Å². The number of nitrogens with one attached hydrogen (secondary N) is 1. The van der Waals surface area contributed by atoms with Crippen LogP contribution in [0.1, 0.15) is 74.2 Å². The number of benzene rings is 1. The van der Waals surface area contributed by atoms with Crippen molar-refractivity contribution in [2.75, 3.05) is 6.54 Å². The smallest absolute Gasteiger partial charge is 0.251 e. The van der Waals surface area contributed by atoms with Gasteiger partial charge in [-0.2, -0.15) is 0 Å². The van der Waals surface area contributed by atoms with Crippen molar-refractivity contribution in [3.05, 3.63) is 35.4 Å². The third-order valence-electron chi connectivity index (χ3n) is 3.77. The number of unbranched alkanes of at least 4 members (excludes halogenated alkanes) is 7. The minimum atomic E-state index is 0.0153. The Hall–Kier alpha value is -1.35. The summed E-state index contributed by atoms with van der Waals surface area (Å²) in [7, 11) is 0. The van der Waals surface area contributed by atoms with Gasteiger partial charge >= 0.3 is 0 Å². The van der Waals surface area contributed by atoms with Crippen molar-refractivity contribution in [2.24, 2.45) is 5.73 Å². The molecule has 3 heteroatoms. The standard InChI is InChI=1S/C18H30N2O/c1-2-3-4-5-6-7-8-9-14-20-18(21)17-12-10-16(15-19)11-13-17/h10-13H,2-9,14-15,19H2,1H3,(H,20,21). The SMILES string of the molecule is CCCCCCCCCCNC(=O)c1ccc(CN)cc1. The molecule has 0 unspecified atom stereocenters. The van der Waals surface area contributed by atoms with Gasteiger partial charge < -0.3 is 11.1 Å². The predicted octanol–water partition coefficient (Wildman–Crippen LogP) is 4.02. The first-order chi connectivity index (χ1) is 10.3. The quantitative estimate of drug-likeness (QED) is 0.605. The van der Waals surface area contributed by atoms with Crippen molar-refractivity contribution in [1.82, 2.24) is 5.32 Å². The molecule has 0 aliphatic carbocycles. The number of carbonyl (C=O) groups is 1. The molecule has 1 aromatic rings. The molecule has 0 radical (unpaired) electrons.